The van der Waals surface area contributed by atoms with Crippen molar-refractivity contribution in [2.75, 3.05) is 7.11 Å². The van der Waals surface area contributed by atoms with Crippen molar-refractivity contribution in [3.05, 3.63) is 28.3 Å². The molecule has 1 aromatic rings. The highest BCUT2D eigenvalue weighted by Gasteiger charge is 2.51. The molecule has 2 rings (SSSR count). The second kappa shape index (κ2) is 4.10. The second-order valence-corrected chi connectivity index (χ2v) is 4.91. The molecular formula is C12H14ClF2NO. The van der Waals surface area contributed by atoms with Crippen LogP contribution >= 0.6 is 11.6 Å². The van der Waals surface area contributed by atoms with Gasteiger partial charge in [0.1, 0.15) is 5.82 Å². The van der Waals surface area contributed by atoms with E-state index in [1.165, 1.54) is 7.11 Å². The summed E-state index contributed by atoms with van der Waals surface area (Å²) in [5.74, 6) is -1.36. The van der Waals surface area contributed by atoms with Crippen LogP contribution in [0.3, 0.4) is 0 Å². The van der Waals surface area contributed by atoms with E-state index >= 15 is 0 Å². The van der Waals surface area contributed by atoms with Crippen LogP contribution in [0.15, 0.2) is 6.07 Å². The lowest BCUT2D eigenvalue weighted by Gasteiger charge is -2.23. The monoisotopic (exact) mass is 261 g/mol. The van der Waals surface area contributed by atoms with Gasteiger partial charge in [0, 0.05) is 17.0 Å². The smallest absolute Gasteiger partial charge is 0.167 e. The summed E-state index contributed by atoms with van der Waals surface area (Å²) in [5.41, 5.74) is 5.51. The van der Waals surface area contributed by atoms with Crippen LogP contribution in [0, 0.1) is 11.6 Å². The highest BCUT2D eigenvalue weighted by molar-refractivity contribution is 6.30. The Labute approximate surface area is 104 Å². The lowest BCUT2D eigenvalue weighted by atomic mass is 9.88. The summed E-state index contributed by atoms with van der Waals surface area (Å²) in [6, 6.07) is 0.653. The van der Waals surface area contributed by atoms with E-state index in [2.05, 4.69) is 0 Å². The SMILES string of the molecule is COc1c(F)cc(Cl)c(F)c1C1(C(C)N)CC1. The van der Waals surface area contributed by atoms with E-state index in [9.17, 15) is 8.78 Å². The van der Waals surface area contributed by atoms with Crippen molar-refractivity contribution in [1.29, 1.82) is 0 Å². The zero-order valence-corrected chi connectivity index (χ0v) is 10.4. The first kappa shape index (κ1) is 12.6. The van der Waals surface area contributed by atoms with Crippen LogP contribution in [-0.2, 0) is 5.41 Å². The van der Waals surface area contributed by atoms with Crippen molar-refractivity contribution in [2.24, 2.45) is 5.73 Å². The maximum atomic E-state index is 14.1. The number of benzene rings is 1. The van der Waals surface area contributed by atoms with Crippen LogP contribution in [-0.4, -0.2) is 13.2 Å². The summed E-state index contributed by atoms with van der Waals surface area (Å²) in [5, 5.41) is -0.231. The van der Waals surface area contributed by atoms with Crippen molar-refractivity contribution in [1.82, 2.24) is 0 Å². The van der Waals surface area contributed by atoms with Gasteiger partial charge in [0.05, 0.1) is 12.1 Å². The first-order valence-electron chi connectivity index (χ1n) is 5.41. The van der Waals surface area contributed by atoms with E-state index in [1.807, 2.05) is 0 Å². The molecule has 1 unspecified atom stereocenters. The molecule has 0 radical (unpaired) electrons. The number of rotatable bonds is 3. The molecule has 2 nitrogen and oxygen atoms in total. The van der Waals surface area contributed by atoms with Crippen LogP contribution in [0.5, 0.6) is 5.75 Å². The average Bonchev–Trinajstić information content (AvgIpc) is 3.04. The molecule has 1 fully saturated rings. The van der Waals surface area contributed by atoms with Gasteiger partial charge in [-0.15, -0.1) is 0 Å². The van der Waals surface area contributed by atoms with Crippen LogP contribution in [0.1, 0.15) is 25.3 Å². The second-order valence-electron chi connectivity index (χ2n) is 4.51. The van der Waals surface area contributed by atoms with Crippen LogP contribution < -0.4 is 10.5 Å². The first-order valence-corrected chi connectivity index (χ1v) is 5.79. The van der Waals surface area contributed by atoms with E-state index in [0.29, 0.717) is 0 Å². The van der Waals surface area contributed by atoms with E-state index in [1.54, 1.807) is 6.92 Å². The van der Waals surface area contributed by atoms with Gasteiger partial charge >= 0.3 is 0 Å². The summed E-state index contributed by atoms with van der Waals surface area (Å²) in [7, 11) is 1.31. The van der Waals surface area contributed by atoms with Gasteiger partial charge in [0.15, 0.2) is 11.6 Å². The fourth-order valence-corrected chi connectivity index (χ4v) is 2.48. The predicted octanol–water partition coefficient (Wildman–Crippen LogP) is 3.01. The van der Waals surface area contributed by atoms with Gasteiger partial charge < -0.3 is 10.5 Å². The van der Waals surface area contributed by atoms with E-state index in [-0.39, 0.29) is 22.4 Å². The summed E-state index contributed by atoms with van der Waals surface area (Å²) in [6.07, 6.45) is 1.44. The minimum Gasteiger partial charge on any atom is -0.493 e. The summed E-state index contributed by atoms with van der Waals surface area (Å²) < 4.78 is 32.7. The van der Waals surface area contributed by atoms with Gasteiger partial charge in [0.2, 0.25) is 0 Å². The van der Waals surface area contributed by atoms with Crippen molar-refractivity contribution in [2.45, 2.75) is 31.2 Å². The molecule has 94 valence electrons. The zero-order chi connectivity index (χ0) is 12.8. The summed E-state index contributed by atoms with van der Waals surface area (Å²) >= 11 is 5.68. The van der Waals surface area contributed by atoms with E-state index < -0.39 is 17.0 Å². The number of ether oxygens (including phenoxy) is 1. The lowest BCUT2D eigenvalue weighted by Crippen LogP contribution is -2.33. The van der Waals surface area contributed by atoms with Gasteiger partial charge in [-0.25, -0.2) is 8.78 Å². The molecule has 1 atom stereocenters. The first-order chi connectivity index (χ1) is 7.94. The Hall–Kier alpha value is -0.870. The third-order valence-corrected chi connectivity index (χ3v) is 3.76. The quantitative estimate of drug-likeness (QED) is 0.849. The molecule has 1 aliphatic rings. The van der Waals surface area contributed by atoms with Gasteiger partial charge in [-0.1, -0.05) is 11.6 Å². The largest absolute Gasteiger partial charge is 0.493 e. The molecule has 0 bridgehead atoms. The molecule has 17 heavy (non-hydrogen) atoms. The lowest BCUT2D eigenvalue weighted by molar-refractivity contribution is 0.363. The third kappa shape index (κ3) is 1.79. The highest BCUT2D eigenvalue weighted by atomic mass is 35.5. The maximum Gasteiger partial charge on any atom is 0.167 e. The molecular weight excluding hydrogens is 248 g/mol. The number of halogens is 3. The fraction of sp³-hybridized carbons (Fsp3) is 0.500. The molecule has 0 heterocycles. The number of hydrogen-bond acceptors (Lipinski definition) is 2. The minimum atomic E-state index is -0.652. The van der Waals surface area contributed by atoms with Crippen molar-refractivity contribution >= 4 is 11.6 Å². The van der Waals surface area contributed by atoms with Crippen LogP contribution in [0.25, 0.3) is 0 Å². The number of nitrogens with two attached hydrogens (primary N) is 1. The Bertz CT molecular complexity index is 458. The molecule has 1 aromatic carbocycles. The molecule has 0 spiro atoms. The van der Waals surface area contributed by atoms with Gasteiger partial charge in [-0.05, 0) is 25.8 Å². The van der Waals surface area contributed by atoms with Gasteiger partial charge in [-0.3, -0.25) is 0 Å². The average molecular weight is 262 g/mol. The predicted molar refractivity (Wildman–Crippen MR) is 62.5 cm³/mol. The summed E-state index contributed by atoms with van der Waals surface area (Å²) in [4.78, 5) is 0. The van der Waals surface area contributed by atoms with Crippen molar-refractivity contribution in [3.63, 3.8) is 0 Å². The van der Waals surface area contributed by atoms with Gasteiger partial charge in [-0.2, -0.15) is 0 Å². The minimum absolute atomic E-state index is 0.0818. The molecule has 0 aliphatic heterocycles. The molecule has 1 aliphatic carbocycles. The van der Waals surface area contributed by atoms with Gasteiger partial charge in [0.25, 0.3) is 0 Å². The zero-order valence-electron chi connectivity index (χ0n) is 9.69. The normalized spacial score (nSPS) is 18.9. The van der Waals surface area contributed by atoms with E-state index in [0.717, 1.165) is 18.9 Å². The Morgan fingerprint density at radius 2 is 2.06 bits per heavy atom. The maximum absolute atomic E-state index is 14.1. The standard InChI is InChI=1S/C12H14ClF2NO/c1-6(16)12(3-4-12)9-10(15)7(13)5-8(14)11(9)17-2/h5-6H,3-4,16H2,1-2H3. The Morgan fingerprint density at radius 1 is 1.47 bits per heavy atom. The Kier molecular flexibility index (Phi) is 3.04. The topological polar surface area (TPSA) is 35.2 Å². The number of methoxy groups -OCH3 is 1. The third-order valence-electron chi connectivity index (χ3n) is 3.49. The molecule has 0 amide bonds. The Balaban J connectivity index is 2.67. The fourth-order valence-electron chi connectivity index (χ4n) is 2.29. The van der Waals surface area contributed by atoms with Crippen LogP contribution in [0.2, 0.25) is 5.02 Å². The van der Waals surface area contributed by atoms with Crippen molar-refractivity contribution < 1.29 is 13.5 Å². The van der Waals surface area contributed by atoms with Crippen LogP contribution in [0.4, 0.5) is 8.78 Å². The molecule has 0 saturated heterocycles. The van der Waals surface area contributed by atoms with Crippen molar-refractivity contribution in [3.8, 4) is 5.75 Å². The summed E-state index contributed by atoms with van der Waals surface area (Å²) in [6.45, 7) is 1.78. The highest BCUT2D eigenvalue weighted by Crippen LogP contribution is 2.55. The molecule has 2 N–H and O–H groups in total. The molecule has 5 heteroatoms. The molecule has 1 saturated carbocycles. The Morgan fingerprint density at radius 3 is 2.47 bits per heavy atom. The molecule has 0 aromatic heterocycles. The van der Waals surface area contributed by atoms with E-state index in [4.69, 9.17) is 22.1 Å². The number of hydrogen-bond donors (Lipinski definition) is 1.